The molecule has 4 nitrogen and oxygen atoms in total. The van der Waals surface area contributed by atoms with Gasteiger partial charge in [0, 0.05) is 0 Å². The third-order valence-electron chi connectivity index (χ3n) is 1.95. The maximum absolute atomic E-state index is 5.66. The molecule has 0 spiro atoms. The summed E-state index contributed by atoms with van der Waals surface area (Å²) in [6.45, 7) is 0. The zero-order valence-corrected chi connectivity index (χ0v) is 8.03. The molecule has 0 heterocycles. The first kappa shape index (κ1) is 12.2. The third-order valence-corrected chi connectivity index (χ3v) is 1.95. The summed E-state index contributed by atoms with van der Waals surface area (Å²) in [6, 6.07) is 11.8. The van der Waals surface area contributed by atoms with Crippen LogP contribution in [0.2, 0.25) is 0 Å². The molecule has 0 unspecified atom stereocenters. The summed E-state index contributed by atoms with van der Waals surface area (Å²) in [6.07, 6.45) is 0. The van der Waals surface area contributed by atoms with Crippen molar-refractivity contribution < 1.29 is 0 Å². The summed E-state index contributed by atoms with van der Waals surface area (Å²) in [4.78, 5) is 0. The van der Waals surface area contributed by atoms with Crippen molar-refractivity contribution in [3.63, 3.8) is 0 Å². The number of benzene rings is 2. The van der Waals surface area contributed by atoms with Crippen molar-refractivity contribution >= 4 is 22.1 Å². The summed E-state index contributed by atoms with van der Waals surface area (Å²) in [5, 5.41) is 2.26. The van der Waals surface area contributed by atoms with E-state index in [2.05, 4.69) is 0 Å². The van der Waals surface area contributed by atoms with Gasteiger partial charge < -0.3 is 23.8 Å². The molecule has 0 aliphatic heterocycles. The molecule has 10 N–H and O–H groups in total. The van der Waals surface area contributed by atoms with E-state index in [1.165, 1.54) is 0 Å². The Morgan fingerprint density at radius 2 is 1.07 bits per heavy atom. The summed E-state index contributed by atoms with van der Waals surface area (Å²) in [7, 11) is 0. The van der Waals surface area contributed by atoms with Crippen molar-refractivity contribution in [1.29, 1.82) is 0 Å². The summed E-state index contributed by atoms with van der Waals surface area (Å²) in [5.74, 6) is 0. The maximum Gasteiger partial charge on any atom is 0.0554 e. The normalized spacial score (nSPS) is 8.86. The van der Waals surface area contributed by atoms with Gasteiger partial charge in [0.1, 0.15) is 0 Å². The third kappa shape index (κ3) is 1.93. The Morgan fingerprint density at radius 1 is 0.714 bits per heavy atom. The van der Waals surface area contributed by atoms with Crippen LogP contribution in [-0.2, 0) is 0 Å². The van der Waals surface area contributed by atoms with Crippen LogP contribution in [0.4, 0.5) is 11.4 Å². The van der Waals surface area contributed by atoms with Crippen molar-refractivity contribution in [2.45, 2.75) is 0 Å². The van der Waals surface area contributed by atoms with E-state index in [0.717, 1.165) is 10.8 Å². The molecule has 2 rings (SSSR count). The molecular weight excluding hydrogens is 176 g/mol. The Balaban J connectivity index is 0.000000845. The molecule has 0 fully saturated rings. The van der Waals surface area contributed by atoms with Crippen LogP contribution in [0.15, 0.2) is 36.4 Å². The number of nitrogen functional groups attached to an aromatic ring is 2. The van der Waals surface area contributed by atoms with Gasteiger partial charge in [0.25, 0.3) is 0 Å². The highest BCUT2D eigenvalue weighted by Crippen LogP contribution is 2.22. The Labute approximate surface area is 83.1 Å². The molecule has 0 amide bonds. The molecule has 2 aromatic rings. The lowest BCUT2D eigenvalue weighted by atomic mass is 10.1. The first-order valence-corrected chi connectivity index (χ1v) is 3.81. The second-order valence-corrected chi connectivity index (χ2v) is 2.83. The first-order valence-electron chi connectivity index (χ1n) is 3.81. The second kappa shape index (κ2) is 4.45. The van der Waals surface area contributed by atoms with Crippen molar-refractivity contribution in [2.24, 2.45) is 0 Å². The molecule has 0 radical (unpaired) electrons. The lowest BCUT2D eigenvalue weighted by Gasteiger charge is -2.02. The molecule has 0 atom stereocenters. The maximum atomic E-state index is 5.66. The second-order valence-electron chi connectivity index (χ2n) is 2.83. The highest BCUT2D eigenvalue weighted by atomic mass is 14.7. The molecule has 76 valence electrons. The van der Waals surface area contributed by atoms with Gasteiger partial charge in [0.05, 0.1) is 11.4 Å². The van der Waals surface area contributed by atoms with E-state index in [1.807, 2.05) is 36.4 Å². The smallest absolute Gasteiger partial charge is 0.0554 e. The lowest BCUT2D eigenvalue weighted by Crippen LogP contribution is -1.93. The number of hydrogen-bond donors (Lipinski definition) is 4. The Bertz CT molecular complexity index is 385. The van der Waals surface area contributed by atoms with Crippen LogP contribution in [0.5, 0.6) is 0 Å². The summed E-state index contributed by atoms with van der Waals surface area (Å²) in [5.41, 5.74) is 12.6. The average molecular weight is 192 g/mol. The minimum atomic E-state index is 0. The molecule has 0 aliphatic rings. The van der Waals surface area contributed by atoms with Gasteiger partial charge in [0.15, 0.2) is 0 Å². The zero-order chi connectivity index (χ0) is 8.55. The van der Waals surface area contributed by atoms with Gasteiger partial charge in [-0.3, -0.25) is 0 Å². The van der Waals surface area contributed by atoms with Gasteiger partial charge in [-0.1, -0.05) is 24.3 Å². The summed E-state index contributed by atoms with van der Waals surface area (Å²) < 4.78 is 0. The lowest BCUT2D eigenvalue weighted by molar-refractivity contribution is 1.70. The molecule has 2 aromatic carbocycles. The standard InChI is InChI=1S/C10H10N2.2H3N/c11-9-5-7-3-1-2-4-8(7)6-10(9)12;;/h1-6H,11-12H2;2*1H3. The number of rotatable bonds is 0. The van der Waals surface area contributed by atoms with E-state index in [0.29, 0.717) is 11.4 Å². The SMILES string of the molecule is N.N.Nc1cc2ccccc2cc1N. The Hall–Kier alpha value is -1.78. The largest absolute Gasteiger partial charge is 0.397 e. The number of nitrogens with two attached hydrogens (primary N) is 2. The molecule has 0 saturated carbocycles. The van der Waals surface area contributed by atoms with E-state index in [-0.39, 0.29) is 12.3 Å². The van der Waals surface area contributed by atoms with E-state index >= 15 is 0 Å². The van der Waals surface area contributed by atoms with Gasteiger partial charge in [-0.25, -0.2) is 0 Å². The van der Waals surface area contributed by atoms with Crippen molar-refractivity contribution in [3.8, 4) is 0 Å². The highest BCUT2D eigenvalue weighted by molar-refractivity contribution is 5.90. The van der Waals surface area contributed by atoms with Crippen LogP contribution >= 0.6 is 0 Å². The van der Waals surface area contributed by atoms with Crippen LogP contribution in [0.3, 0.4) is 0 Å². The molecule has 14 heavy (non-hydrogen) atoms. The van der Waals surface area contributed by atoms with Gasteiger partial charge >= 0.3 is 0 Å². The van der Waals surface area contributed by atoms with E-state index in [1.54, 1.807) is 0 Å². The molecule has 0 aliphatic carbocycles. The van der Waals surface area contributed by atoms with Crippen LogP contribution < -0.4 is 23.8 Å². The number of anilines is 2. The minimum absolute atomic E-state index is 0. The minimum Gasteiger partial charge on any atom is -0.397 e. The highest BCUT2D eigenvalue weighted by Gasteiger charge is 1.96. The van der Waals surface area contributed by atoms with E-state index in [9.17, 15) is 0 Å². The monoisotopic (exact) mass is 192 g/mol. The van der Waals surface area contributed by atoms with Crippen LogP contribution in [0, 0.1) is 0 Å². The molecule has 0 saturated heterocycles. The predicted molar refractivity (Wildman–Crippen MR) is 62.8 cm³/mol. The van der Waals surface area contributed by atoms with Crippen LogP contribution in [-0.4, -0.2) is 0 Å². The van der Waals surface area contributed by atoms with Crippen LogP contribution in [0.1, 0.15) is 0 Å². The molecule has 0 bridgehead atoms. The van der Waals surface area contributed by atoms with Crippen molar-refractivity contribution in [2.75, 3.05) is 11.5 Å². The van der Waals surface area contributed by atoms with Crippen LogP contribution in [0.25, 0.3) is 10.8 Å². The van der Waals surface area contributed by atoms with E-state index < -0.39 is 0 Å². The van der Waals surface area contributed by atoms with Gasteiger partial charge in [-0.2, -0.15) is 0 Å². The fourth-order valence-electron chi connectivity index (χ4n) is 1.28. The van der Waals surface area contributed by atoms with Gasteiger partial charge in [-0.05, 0) is 22.9 Å². The fraction of sp³-hybridized carbons (Fsp3) is 0. The summed E-state index contributed by atoms with van der Waals surface area (Å²) >= 11 is 0. The molecule has 4 heteroatoms. The van der Waals surface area contributed by atoms with Crippen molar-refractivity contribution in [1.82, 2.24) is 12.3 Å². The number of hydrogen-bond acceptors (Lipinski definition) is 4. The number of fused-ring (bicyclic) bond motifs is 1. The fourth-order valence-corrected chi connectivity index (χ4v) is 1.28. The van der Waals surface area contributed by atoms with Crippen molar-refractivity contribution in [3.05, 3.63) is 36.4 Å². The molecule has 0 aromatic heterocycles. The van der Waals surface area contributed by atoms with Gasteiger partial charge in [-0.15, -0.1) is 0 Å². The molecular formula is C10H16N4. The van der Waals surface area contributed by atoms with Gasteiger partial charge in [0.2, 0.25) is 0 Å². The topological polar surface area (TPSA) is 122 Å². The predicted octanol–water partition coefficient (Wildman–Crippen LogP) is 2.33. The Morgan fingerprint density at radius 3 is 1.43 bits per heavy atom. The quantitative estimate of drug-likeness (QED) is 0.478. The zero-order valence-electron chi connectivity index (χ0n) is 8.03. The Kier molecular flexibility index (Phi) is 3.89. The average Bonchev–Trinajstić information content (AvgIpc) is 2.07. The van der Waals surface area contributed by atoms with E-state index in [4.69, 9.17) is 11.5 Å². The first-order chi connectivity index (χ1) is 5.77.